The summed E-state index contributed by atoms with van der Waals surface area (Å²) < 4.78 is 3.81. The molecule has 1 amide bonds. The van der Waals surface area contributed by atoms with Gasteiger partial charge in [0.2, 0.25) is 3.79 Å². The molecule has 2 N–H and O–H groups in total. The molecule has 0 aromatic heterocycles. The molecule has 0 saturated heterocycles. The minimum absolute atomic E-state index is 0.406. The summed E-state index contributed by atoms with van der Waals surface area (Å²) in [4.78, 5) is 22.6. The number of halogens is 4. The first kappa shape index (κ1) is 17.6. The summed E-state index contributed by atoms with van der Waals surface area (Å²) in [5, 5.41) is 11.3. The number of carboxylic acids is 1. The molecule has 110 valence electrons. The van der Waals surface area contributed by atoms with Crippen molar-refractivity contribution in [2.75, 3.05) is 6.61 Å². The molecule has 0 heterocycles. The van der Waals surface area contributed by atoms with Gasteiger partial charge in [-0.2, -0.15) is 0 Å². The zero-order valence-corrected chi connectivity index (χ0v) is 14.2. The first-order chi connectivity index (χ1) is 9.19. The van der Waals surface area contributed by atoms with Crippen molar-refractivity contribution in [2.45, 2.75) is 9.83 Å². The lowest BCUT2D eigenvalue weighted by Crippen LogP contribution is -2.35. The summed E-state index contributed by atoms with van der Waals surface area (Å²) >= 11 is 18.3. The van der Waals surface area contributed by atoms with Gasteiger partial charge < -0.3 is 15.2 Å². The maximum atomic E-state index is 11.5. The van der Waals surface area contributed by atoms with Crippen LogP contribution in [0.1, 0.15) is 11.6 Å². The van der Waals surface area contributed by atoms with E-state index in [0.717, 1.165) is 3.57 Å². The standard InChI is InChI=1S/C11H9Cl3INO4/c12-11(13,14)5-20-10(19)16-8(9(17)18)6-1-3-7(15)4-2-6/h1-4,8H,5H2,(H,16,19)(H,17,18)/t8-/m1/s1. The van der Waals surface area contributed by atoms with Crippen LogP contribution in [0, 0.1) is 3.57 Å². The van der Waals surface area contributed by atoms with Gasteiger partial charge in [-0.15, -0.1) is 0 Å². The van der Waals surface area contributed by atoms with E-state index in [9.17, 15) is 9.59 Å². The number of rotatable bonds is 4. The SMILES string of the molecule is O=C(N[C@@H](C(=O)O)c1ccc(I)cc1)OCC(Cl)(Cl)Cl. The third kappa shape index (κ3) is 6.34. The van der Waals surface area contributed by atoms with E-state index < -0.39 is 28.5 Å². The molecule has 1 aromatic carbocycles. The maximum absolute atomic E-state index is 11.5. The molecule has 0 aliphatic rings. The van der Waals surface area contributed by atoms with E-state index in [1.165, 1.54) is 0 Å². The molecule has 0 bridgehead atoms. The number of hydrogen-bond acceptors (Lipinski definition) is 3. The van der Waals surface area contributed by atoms with Crippen molar-refractivity contribution in [3.05, 3.63) is 33.4 Å². The van der Waals surface area contributed by atoms with E-state index in [-0.39, 0.29) is 0 Å². The molecule has 0 unspecified atom stereocenters. The van der Waals surface area contributed by atoms with Gasteiger partial charge in [0, 0.05) is 3.57 Å². The molecule has 20 heavy (non-hydrogen) atoms. The Balaban J connectivity index is 2.71. The predicted molar refractivity (Wildman–Crippen MR) is 84.3 cm³/mol. The van der Waals surface area contributed by atoms with Crippen molar-refractivity contribution in [3.63, 3.8) is 0 Å². The molecule has 1 rings (SSSR count). The van der Waals surface area contributed by atoms with Gasteiger partial charge in [0.25, 0.3) is 0 Å². The van der Waals surface area contributed by atoms with Gasteiger partial charge in [-0.3, -0.25) is 0 Å². The van der Waals surface area contributed by atoms with Crippen molar-refractivity contribution in [2.24, 2.45) is 0 Å². The molecular weight excluding hydrogens is 443 g/mol. The lowest BCUT2D eigenvalue weighted by Gasteiger charge is -2.16. The zero-order chi connectivity index (χ0) is 15.3. The number of amides is 1. The average molecular weight is 452 g/mol. The van der Waals surface area contributed by atoms with Crippen LogP contribution in [0.4, 0.5) is 4.79 Å². The molecule has 0 radical (unpaired) electrons. The highest BCUT2D eigenvalue weighted by Gasteiger charge is 2.26. The van der Waals surface area contributed by atoms with Crippen LogP contribution in [0.25, 0.3) is 0 Å². The molecule has 5 nitrogen and oxygen atoms in total. The molecule has 0 saturated carbocycles. The molecule has 1 atom stereocenters. The van der Waals surface area contributed by atoms with Crippen molar-refractivity contribution in [1.82, 2.24) is 5.32 Å². The normalized spacial score (nSPS) is 12.6. The molecule has 1 aromatic rings. The van der Waals surface area contributed by atoms with E-state index in [2.05, 4.69) is 32.6 Å². The molecule has 9 heteroatoms. The number of alkyl carbamates (subject to hydrolysis) is 1. The smallest absolute Gasteiger partial charge is 0.408 e. The van der Waals surface area contributed by atoms with Crippen LogP contribution < -0.4 is 5.32 Å². The highest BCUT2D eigenvalue weighted by atomic mass is 127. The van der Waals surface area contributed by atoms with Gasteiger partial charge in [0.15, 0.2) is 6.04 Å². The number of alkyl halides is 3. The predicted octanol–water partition coefficient (Wildman–Crippen LogP) is 3.51. The number of ether oxygens (including phenoxy) is 1. The van der Waals surface area contributed by atoms with Crippen LogP contribution in [-0.4, -0.2) is 27.6 Å². The van der Waals surface area contributed by atoms with Crippen LogP contribution in [0.2, 0.25) is 0 Å². The van der Waals surface area contributed by atoms with E-state index in [4.69, 9.17) is 39.9 Å². The minimum Gasteiger partial charge on any atom is -0.479 e. The van der Waals surface area contributed by atoms with Crippen LogP contribution in [0.3, 0.4) is 0 Å². The fraction of sp³-hybridized carbons (Fsp3) is 0.273. The maximum Gasteiger partial charge on any atom is 0.408 e. The van der Waals surface area contributed by atoms with E-state index in [0.29, 0.717) is 5.56 Å². The largest absolute Gasteiger partial charge is 0.479 e. The zero-order valence-electron chi connectivity index (χ0n) is 9.78. The second-order valence-electron chi connectivity index (χ2n) is 3.66. The lowest BCUT2D eigenvalue weighted by atomic mass is 10.1. The Bertz CT molecular complexity index is 489. The molecule has 0 aliphatic carbocycles. The number of carbonyl (C=O) groups excluding carboxylic acids is 1. The Labute approximate surface area is 143 Å². The quantitative estimate of drug-likeness (QED) is 0.542. The molecule has 0 fully saturated rings. The summed E-state index contributed by atoms with van der Waals surface area (Å²) in [6, 6.07) is 5.39. The third-order valence-corrected chi connectivity index (χ3v) is 3.13. The fourth-order valence-electron chi connectivity index (χ4n) is 1.25. The number of hydrogen-bond donors (Lipinski definition) is 2. The third-order valence-electron chi connectivity index (χ3n) is 2.08. The Morgan fingerprint density at radius 2 is 1.85 bits per heavy atom. The molecular formula is C11H9Cl3INO4. The highest BCUT2D eigenvalue weighted by Crippen LogP contribution is 2.26. The highest BCUT2D eigenvalue weighted by molar-refractivity contribution is 14.1. The average Bonchev–Trinajstić information content (AvgIpc) is 2.33. The monoisotopic (exact) mass is 451 g/mol. The molecule has 0 spiro atoms. The number of carboxylic acid groups (broad SMARTS) is 1. The minimum atomic E-state index is -1.75. The summed E-state index contributed by atoms with van der Waals surface area (Å²) in [6.07, 6.45) is -0.984. The van der Waals surface area contributed by atoms with Crippen molar-refractivity contribution in [1.29, 1.82) is 0 Å². The topological polar surface area (TPSA) is 75.6 Å². The number of nitrogens with one attached hydrogen (secondary N) is 1. The van der Waals surface area contributed by atoms with Crippen LogP contribution in [0.15, 0.2) is 24.3 Å². The van der Waals surface area contributed by atoms with Gasteiger partial charge in [0.1, 0.15) is 6.61 Å². The van der Waals surface area contributed by atoms with Crippen LogP contribution >= 0.6 is 57.4 Å². The molecule has 0 aliphatic heterocycles. The summed E-state index contributed by atoms with van der Waals surface area (Å²) in [5.74, 6) is -1.22. The van der Waals surface area contributed by atoms with Crippen molar-refractivity contribution >= 4 is 69.5 Å². The van der Waals surface area contributed by atoms with Crippen LogP contribution in [0.5, 0.6) is 0 Å². The summed E-state index contributed by atoms with van der Waals surface area (Å²) in [7, 11) is 0. The van der Waals surface area contributed by atoms with Crippen molar-refractivity contribution in [3.8, 4) is 0 Å². The van der Waals surface area contributed by atoms with Gasteiger partial charge in [0.05, 0.1) is 0 Å². The second kappa shape index (κ2) is 7.53. The van der Waals surface area contributed by atoms with E-state index in [1.807, 2.05) is 0 Å². The van der Waals surface area contributed by atoms with Gasteiger partial charge in [-0.25, -0.2) is 9.59 Å². The summed E-state index contributed by atoms with van der Waals surface area (Å²) in [6.45, 7) is -0.484. The van der Waals surface area contributed by atoms with Gasteiger partial charge >= 0.3 is 12.1 Å². The first-order valence-electron chi connectivity index (χ1n) is 5.17. The summed E-state index contributed by atoms with van der Waals surface area (Å²) in [5.41, 5.74) is 0.406. The Morgan fingerprint density at radius 1 is 1.30 bits per heavy atom. The number of aliphatic carboxylic acids is 1. The first-order valence-corrected chi connectivity index (χ1v) is 7.38. The number of carbonyl (C=O) groups is 2. The van der Waals surface area contributed by atoms with Gasteiger partial charge in [-0.05, 0) is 40.3 Å². The van der Waals surface area contributed by atoms with E-state index >= 15 is 0 Å². The lowest BCUT2D eigenvalue weighted by molar-refractivity contribution is -0.139. The Hall–Kier alpha value is -0.440. The second-order valence-corrected chi connectivity index (χ2v) is 7.42. The Kier molecular flexibility index (Phi) is 6.63. The number of benzene rings is 1. The fourth-order valence-corrected chi connectivity index (χ4v) is 1.77. The van der Waals surface area contributed by atoms with Crippen LogP contribution in [-0.2, 0) is 9.53 Å². The van der Waals surface area contributed by atoms with E-state index in [1.54, 1.807) is 24.3 Å². The van der Waals surface area contributed by atoms with Gasteiger partial charge in [-0.1, -0.05) is 46.9 Å². The Morgan fingerprint density at radius 3 is 2.30 bits per heavy atom. The van der Waals surface area contributed by atoms with Crippen molar-refractivity contribution < 1.29 is 19.4 Å².